The predicted molar refractivity (Wildman–Crippen MR) is 73.6 cm³/mol. The van der Waals surface area contributed by atoms with E-state index in [-0.39, 0.29) is 17.6 Å². The van der Waals surface area contributed by atoms with Crippen molar-refractivity contribution in [1.29, 1.82) is 0 Å². The van der Waals surface area contributed by atoms with Crippen LogP contribution in [0.25, 0.3) is 0 Å². The van der Waals surface area contributed by atoms with E-state index in [4.69, 9.17) is 4.42 Å². The monoisotopic (exact) mass is 325 g/mol. The molecular formula is C15H14F3N3O2. The third-order valence-corrected chi connectivity index (χ3v) is 3.88. The van der Waals surface area contributed by atoms with E-state index < -0.39 is 11.9 Å². The van der Waals surface area contributed by atoms with Crippen LogP contribution in [0.1, 0.15) is 40.6 Å². The maximum Gasteiger partial charge on any atom is 0.433 e. The summed E-state index contributed by atoms with van der Waals surface area (Å²) in [6.07, 6.45) is 0.528. The molecule has 0 unspecified atom stereocenters. The number of furan rings is 1. The average molecular weight is 325 g/mol. The Morgan fingerprint density at radius 2 is 2.00 bits per heavy atom. The molecule has 8 heteroatoms. The Bertz CT molecular complexity index is 678. The lowest BCUT2D eigenvalue weighted by Crippen LogP contribution is -2.38. The van der Waals surface area contributed by atoms with E-state index in [9.17, 15) is 18.0 Å². The van der Waals surface area contributed by atoms with Crippen molar-refractivity contribution in [2.24, 2.45) is 0 Å². The number of carbonyl (C=O) groups is 1. The van der Waals surface area contributed by atoms with Crippen LogP contribution in [0.4, 0.5) is 13.2 Å². The van der Waals surface area contributed by atoms with E-state index >= 15 is 0 Å². The van der Waals surface area contributed by atoms with Crippen LogP contribution in [0.5, 0.6) is 0 Å². The van der Waals surface area contributed by atoms with Crippen LogP contribution in [0.3, 0.4) is 0 Å². The molecule has 0 saturated carbocycles. The molecule has 1 saturated heterocycles. The van der Waals surface area contributed by atoms with Crippen LogP contribution in [0.15, 0.2) is 35.3 Å². The fraction of sp³-hybridized carbons (Fsp3) is 0.400. The van der Waals surface area contributed by atoms with Gasteiger partial charge in [-0.1, -0.05) is 0 Å². The van der Waals surface area contributed by atoms with Crippen molar-refractivity contribution in [3.63, 3.8) is 0 Å². The van der Waals surface area contributed by atoms with Gasteiger partial charge in [0.25, 0.3) is 5.91 Å². The van der Waals surface area contributed by atoms with Crippen molar-refractivity contribution in [1.82, 2.24) is 14.9 Å². The Labute approximate surface area is 130 Å². The molecule has 23 heavy (non-hydrogen) atoms. The van der Waals surface area contributed by atoms with Gasteiger partial charge in [-0.2, -0.15) is 13.2 Å². The van der Waals surface area contributed by atoms with Crippen LogP contribution in [-0.2, 0) is 6.18 Å². The van der Waals surface area contributed by atoms with Crippen molar-refractivity contribution >= 4 is 5.91 Å². The van der Waals surface area contributed by atoms with Gasteiger partial charge < -0.3 is 9.32 Å². The summed E-state index contributed by atoms with van der Waals surface area (Å²) >= 11 is 0. The molecule has 5 nitrogen and oxygen atoms in total. The highest BCUT2D eigenvalue weighted by molar-refractivity contribution is 5.93. The molecule has 3 rings (SSSR count). The summed E-state index contributed by atoms with van der Waals surface area (Å²) in [7, 11) is 0. The molecule has 1 aliphatic heterocycles. The van der Waals surface area contributed by atoms with Gasteiger partial charge >= 0.3 is 6.18 Å². The molecule has 2 aromatic rings. The molecule has 1 fully saturated rings. The normalized spacial score (nSPS) is 16.6. The van der Waals surface area contributed by atoms with Gasteiger partial charge in [0.2, 0.25) is 0 Å². The van der Waals surface area contributed by atoms with Gasteiger partial charge in [-0.05, 0) is 25.0 Å². The lowest BCUT2D eigenvalue weighted by molar-refractivity contribution is -0.141. The first-order valence-corrected chi connectivity index (χ1v) is 7.17. The lowest BCUT2D eigenvalue weighted by atomic mass is 9.95. The summed E-state index contributed by atoms with van der Waals surface area (Å²) in [6.45, 7) is 0.905. The molecule has 0 radical (unpaired) electrons. The topological polar surface area (TPSA) is 59.2 Å². The van der Waals surface area contributed by atoms with Crippen molar-refractivity contribution in [2.75, 3.05) is 13.1 Å². The molecule has 2 aromatic heterocycles. The number of carbonyl (C=O) groups excluding carboxylic acids is 1. The smallest absolute Gasteiger partial charge is 0.433 e. The number of hydrogen-bond acceptors (Lipinski definition) is 4. The van der Waals surface area contributed by atoms with E-state index in [2.05, 4.69) is 9.97 Å². The Morgan fingerprint density at radius 3 is 2.61 bits per heavy atom. The van der Waals surface area contributed by atoms with Crippen LogP contribution in [-0.4, -0.2) is 33.9 Å². The van der Waals surface area contributed by atoms with Crippen molar-refractivity contribution < 1.29 is 22.4 Å². The number of likely N-dealkylation sites (tertiary alicyclic amines) is 1. The zero-order chi connectivity index (χ0) is 16.4. The number of rotatable bonds is 2. The molecule has 0 N–H and O–H groups in total. The molecule has 3 heterocycles. The molecule has 122 valence electrons. The third kappa shape index (κ3) is 3.35. The number of piperidine rings is 1. The molecule has 1 amide bonds. The van der Waals surface area contributed by atoms with Crippen LogP contribution in [0.2, 0.25) is 0 Å². The van der Waals surface area contributed by atoms with Crippen LogP contribution in [0, 0.1) is 0 Å². The molecule has 0 aromatic carbocycles. The number of aromatic nitrogens is 2. The Morgan fingerprint density at radius 1 is 1.26 bits per heavy atom. The first-order chi connectivity index (χ1) is 10.9. The van der Waals surface area contributed by atoms with Gasteiger partial charge in [0.1, 0.15) is 17.8 Å². The summed E-state index contributed by atoms with van der Waals surface area (Å²) in [5.41, 5.74) is -0.460. The minimum atomic E-state index is -4.48. The van der Waals surface area contributed by atoms with Gasteiger partial charge in [-0.25, -0.2) is 9.97 Å². The van der Waals surface area contributed by atoms with E-state index in [0.29, 0.717) is 31.5 Å². The molecular weight excluding hydrogens is 311 g/mol. The Balaban J connectivity index is 1.66. The maximum atomic E-state index is 12.7. The molecule has 1 aliphatic rings. The number of hydrogen-bond donors (Lipinski definition) is 0. The fourth-order valence-electron chi connectivity index (χ4n) is 2.64. The van der Waals surface area contributed by atoms with Crippen molar-refractivity contribution in [2.45, 2.75) is 24.9 Å². The first kappa shape index (κ1) is 15.5. The average Bonchev–Trinajstić information content (AvgIpc) is 3.08. The quantitative estimate of drug-likeness (QED) is 0.851. The number of nitrogens with zero attached hydrogens (tertiary/aromatic N) is 3. The SMILES string of the molecule is O=C(c1ccoc1)N1CCC(c2nccc(C(F)(F)F)n2)CC1. The minimum Gasteiger partial charge on any atom is -0.472 e. The number of alkyl halides is 3. The molecule has 0 bridgehead atoms. The van der Waals surface area contributed by atoms with Crippen LogP contribution < -0.4 is 0 Å². The van der Waals surface area contributed by atoms with E-state index in [1.165, 1.54) is 12.5 Å². The lowest BCUT2D eigenvalue weighted by Gasteiger charge is -2.31. The second-order valence-corrected chi connectivity index (χ2v) is 5.38. The highest BCUT2D eigenvalue weighted by Gasteiger charge is 2.34. The fourth-order valence-corrected chi connectivity index (χ4v) is 2.64. The number of halogens is 3. The first-order valence-electron chi connectivity index (χ1n) is 7.17. The van der Waals surface area contributed by atoms with Crippen molar-refractivity contribution in [3.8, 4) is 0 Å². The van der Waals surface area contributed by atoms with Gasteiger partial charge in [-0.15, -0.1) is 0 Å². The van der Waals surface area contributed by atoms with Gasteiger partial charge in [-0.3, -0.25) is 4.79 Å². The number of amides is 1. The molecule has 0 atom stereocenters. The summed E-state index contributed by atoms with van der Waals surface area (Å²) < 4.78 is 43.0. The molecule has 0 aliphatic carbocycles. The highest BCUT2D eigenvalue weighted by Crippen LogP contribution is 2.30. The minimum absolute atomic E-state index is 0.137. The Hall–Kier alpha value is -2.38. The maximum absolute atomic E-state index is 12.7. The van der Waals surface area contributed by atoms with Crippen molar-refractivity contribution in [3.05, 3.63) is 47.9 Å². The summed E-state index contributed by atoms with van der Waals surface area (Å²) in [5.74, 6) is -0.122. The summed E-state index contributed by atoms with van der Waals surface area (Å²) in [5, 5.41) is 0. The standard InChI is InChI=1S/C15H14F3N3O2/c16-15(17,18)12-1-5-19-13(20-12)10-2-6-21(7-3-10)14(22)11-4-8-23-9-11/h1,4-5,8-10H,2-3,6-7H2. The highest BCUT2D eigenvalue weighted by atomic mass is 19.4. The zero-order valence-electron chi connectivity index (χ0n) is 12.1. The van der Waals surface area contributed by atoms with Gasteiger partial charge in [0.05, 0.1) is 11.8 Å². The second-order valence-electron chi connectivity index (χ2n) is 5.38. The van der Waals surface area contributed by atoms with Gasteiger partial charge in [0.15, 0.2) is 0 Å². The molecule has 0 spiro atoms. The third-order valence-electron chi connectivity index (χ3n) is 3.88. The Kier molecular flexibility index (Phi) is 4.06. The van der Waals surface area contributed by atoms with Gasteiger partial charge in [0, 0.05) is 25.2 Å². The zero-order valence-corrected chi connectivity index (χ0v) is 12.1. The van der Waals surface area contributed by atoms with E-state index in [1.807, 2.05) is 0 Å². The summed E-state index contributed by atoms with van der Waals surface area (Å²) in [4.78, 5) is 21.4. The second kappa shape index (κ2) is 6.02. The van der Waals surface area contributed by atoms with E-state index in [1.54, 1.807) is 11.0 Å². The van der Waals surface area contributed by atoms with Crippen LogP contribution >= 0.6 is 0 Å². The largest absolute Gasteiger partial charge is 0.472 e. The van der Waals surface area contributed by atoms with E-state index in [0.717, 1.165) is 12.3 Å². The summed E-state index contributed by atoms with van der Waals surface area (Å²) in [6, 6.07) is 2.45. The predicted octanol–water partition coefficient (Wildman–Crippen LogP) is 3.11.